The van der Waals surface area contributed by atoms with Gasteiger partial charge in [-0.15, -0.1) is 10.2 Å². The standard InChI is InChI=1S/C21H23N5O2/c1-15(22-20(27)16-8-3-2-4-9-16)21(28)25-12-7-10-17(14-25)19-24-23-18-11-5-6-13-26(18)19/h2-6,8-9,11,13,15,17H,7,10,12,14H2,1H3,(H,22,27). The zero-order chi connectivity index (χ0) is 19.5. The van der Waals surface area contributed by atoms with Gasteiger partial charge in [-0.1, -0.05) is 24.3 Å². The largest absolute Gasteiger partial charge is 0.341 e. The molecule has 2 unspecified atom stereocenters. The maximum absolute atomic E-state index is 12.9. The minimum atomic E-state index is -0.582. The zero-order valence-corrected chi connectivity index (χ0v) is 15.8. The Hall–Kier alpha value is -3.22. The normalized spacial score (nSPS) is 18.0. The van der Waals surface area contributed by atoms with Crippen LogP contribution in [0.5, 0.6) is 0 Å². The molecule has 0 saturated carbocycles. The monoisotopic (exact) mass is 377 g/mol. The third-order valence-electron chi connectivity index (χ3n) is 5.19. The Bertz CT molecular complexity index is 985. The molecule has 1 aromatic carbocycles. The van der Waals surface area contributed by atoms with Gasteiger partial charge >= 0.3 is 0 Å². The first-order chi connectivity index (χ1) is 13.6. The molecule has 0 spiro atoms. The lowest BCUT2D eigenvalue weighted by Gasteiger charge is -2.33. The highest BCUT2D eigenvalue weighted by molar-refractivity contribution is 5.97. The molecule has 0 bridgehead atoms. The average Bonchev–Trinajstić information content (AvgIpc) is 3.18. The molecule has 1 aliphatic heterocycles. The van der Waals surface area contributed by atoms with Crippen molar-refractivity contribution < 1.29 is 9.59 Å². The first-order valence-electron chi connectivity index (χ1n) is 9.58. The number of carbonyl (C=O) groups excluding carboxylic acids is 2. The van der Waals surface area contributed by atoms with Gasteiger partial charge in [0, 0.05) is 30.8 Å². The average molecular weight is 377 g/mol. The fourth-order valence-corrected chi connectivity index (χ4v) is 3.73. The number of hydrogen-bond acceptors (Lipinski definition) is 4. The molecule has 3 heterocycles. The summed E-state index contributed by atoms with van der Waals surface area (Å²) in [6.45, 7) is 3.01. The molecule has 2 atom stereocenters. The number of hydrogen-bond donors (Lipinski definition) is 1. The molecule has 1 aliphatic rings. The Kier molecular flexibility index (Phi) is 5.06. The number of nitrogens with one attached hydrogen (secondary N) is 1. The molecule has 2 amide bonds. The van der Waals surface area contributed by atoms with E-state index in [9.17, 15) is 9.59 Å². The fraction of sp³-hybridized carbons (Fsp3) is 0.333. The Morgan fingerprint density at radius 3 is 2.71 bits per heavy atom. The number of aromatic nitrogens is 3. The van der Waals surface area contributed by atoms with Gasteiger partial charge in [0.2, 0.25) is 5.91 Å². The predicted octanol–water partition coefficient (Wildman–Crippen LogP) is 2.25. The number of piperidine rings is 1. The van der Waals surface area contributed by atoms with Crippen LogP contribution in [-0.2, 0) is 4.79 Å². The number of likely N-dealkylation sites (tertiary alicyclic amines) is 1. The fourth-order valence-electron chi connectivity index (χ4n) is 3.73. The molecule has 3 aromatic rings. The van der Waals surface area contributed by atoms with Crippen molar-refractivity contribution in [3.63, 3.8) is 0 Å². The van der Waals surface area contributed by atoms with Gasteiger partial charge in [0.05, 0.1) is 0 Å². The summed E-state index contributed by atoms with van der Waals surface area (Å²) >= 11 is 0. The number of benzene rings is 1. The van der Waals surface area contributed by atoms with E-state index < -0.39 is 6.04 Å². The van der Waals surface area contributed by atoms with E-state index in [0.29, 0.717) is 18.7 Å². The van der Waals surface area contributed by atoms with Gasteiger partial charge in [0.1, 0.15) is 11.9 Å². The molecular formula is C21H23N5O2. The molecule has 1 N–H and O–H groups in total. The first kappa shape index (κ1) is 18.2. The number of rotatable bonds is 4. The van der Waals surface area contributed by atoms with Crippen LogP contribution in [0.15, 0.2) is 54.7 Å². The van der Waals surface area contributed by atoms with Crippen molar-refractivity contribution in [1.29, 1.82) is 0 Å². The minimum absolute atomic E-state index is 0.0669. The van der Waals surface area contributed by atoms with Gasteiger partial charge in [-0.2, -0.15) is 0 Å². The maximum atomic E-state index is 12.9. The van der Waals surface area contributed by atoms with E-state index in [1.165, 1.54) is 0 Å². The first-order valence-corrected chi connectivity index (χ1v) is 9.58. The molecule has 28 heavy (non-hydrogen) atoms. The second-order valence-electron chi connectivity index (χ2n) is 7.17. The van der Waals surface area contributed by atoms with Crippen LogP contribution in [0.3, 0.4) is 0 Å². The quantitative estimate of drug-likeness (QED) is 0.756. The minimum Gasteiger partial charge on any atom is -0.341 e. The Morgan fingerprint density at radius 1 is 1.11 bits per heavy atom. The lowest BCUT2D eigenvalue weighted by molar-refractivity contribution is -0.134. The third-order valence-corrected chi connectivity index (χ3v) is 5.19. The second-order valence-corrected chi connectivity index (χ2v) is 7.17. The second kappa shape index (κ2) is 7.80. The van der Waals surface area contributed by atoms with Crippen LogP contribution < -0.4 is 5.32 Å². The highest BCUT2D eigenvalue weighted by Gasteiger charge is 2.30. The predicted molar refractivity (Wildman–Crippen MR) is 105 cm³/mol. The van der Waals surface area contributed by atoms with E-state index in [1.807, 2.05) is 39.8 Å². The van der Waals surface area contributed by atoms with Gasteiger partial charge in [-0.25, -0.2) is 0 Å². The Morgan fingerprint density at radius 2 is 1.89 bits per heavy atom. The summed E-state index contributed by atoms with van der Waals surface area (Å²) in [6, 6.07) is 14.2. The summed E-state index contributed by atoms with van der Waals surface area (Å²) < 4.78 is 1.99. The molecular weight excluding hydrogens is 354 g/mol. The SMILES string of the molecule is CC(NC(=O)c1ccccc1)C(=O)N1CCCC(c2nnc3ccccn23)C1. The third kappa shape index (κ3) is 3.60. The van der Waals surface area contributed by atoms with Crippen molar-refractivity contribution in [2.24, 2.45) is 0 Å². The van der Waals surface area contributed by atoms with Crippen LogP contribution in [0, 0.1) is 0 Å². The van der Waals surface area contributed by atoms with Crippen molar-refractivity contribution in [3.05, 3.63) is 66.1 Å². The van der Waals surface area contributed by atoms with Crippen molar-refractivity contribution in [3.8, 4) is 0 Å². The molecule has 7 nitrogen and oxygen atoms in total. The highest BCUT2D eigenvalue weighted by Crippen LogP contribution is 2.26. The van der Waals surface area contributed by atoms with Crippen molar-refractivity contribution in [1.82, 2.24) is 24.8 Å². The van der Waals surface area contributed by atoms with E-state index in [4.69, 9.17) is 0 Å². The molecule has 1 fully saturated rings. The number of nitrogens with zero attached hydrogens (tertiary/aromatic N) is 4. The summed E-state index contributed by atoms with van der Waals surface area (Å²) in [5.74, 6) is 0.711. The van der Waals surface area contributed by atoms with Crippen molar-refractivity contribution >= 4 is 17.5 Å². The van der Waals surface area contributed by atoms with Crippen LogP contribution in [0.4, 0.5) is 0 Å². The smallest absolute Gasteiger partial charge is 0.251 e. The van der Waals surface area contributed by atoms with Crippen molar-refractivity contribution in [2.75, 3.05) is 13.1 Å². The van der Waals surface area contributed by atoms with Crippen LogP contribution in [0.1, 0.15) is 41.9 Å². The molecule has 2 aromatic heterocycles. The van der Waals surface area contributed by atoms with Crippen LogP contribution in [0.25, 0.3) is 5.65 Å². The van der Waals surface area contributed by atoms with Crippen LogP contribution >= 0.6 is 0 Å². The Balaban J connectivity index is 1.44. The van der Waals surface area contributed by atoms with E-state index in [1.54, 1.807) is 31.2 Å². The number of fused-ring (bicyclic) bond motifs is 1. The maximum Gasteiger partial charge on any atom is 0.251 e. The van der Waals surface area contributed by atoms with E-state index >= 15 is 0 Å². The van der Waals surface area contributed by atoms with Gasteiger partial charge in [-0.3, -0.25) is 14.0 Å². The summed E-state index contributed by atoms with van der Waals surface area (Å²) in [5, 5.41) is 11.4. The summed E-state index contributed by atoms with van der Waals surface area (Å²) in [5.41, 5.74) is 1.36. The molecule has 7 heteroatoms. The van der Waals surface area contributed by atoms with E-state index in [-0.39, 0.29) is 17.7 Å². The van der Waals surface area contributed by atoms with Crippen molar-refractivity contribution in [2.45, 2.75) is 31.7 Å². The van der Waals surface area contributed by atoms with Gasteiger partial charge < -0.3 is 10.2 Å². The van der Waals surface area contributed by atoms with Gasteiger partial charge in [0.15, 0.2) is 5.65 Å². The lowest BCUT2D eigenvalue weighted by atomic mass is 9.96. The molecule has 0 radical (unpaired) electrons. The van der Waals surface area contributed by atoms with Crippen LogP contribution in [-0.4, -0.2) is 50.4 Å². The molecule has 0 aliphatic carbocycles. The number of pyridine rings is 1. The van der Waals surface area contributed by atoms with Gasteiger partial charge in [0.25, 0.3) is 5.91 Å². The molecule has 144 valence electrons. The summed E-state index contributed by atoms with van der Waals surface area (Å²) in [4.78, 5) is 27.1. The summed E-state index contributed by atoms with van der Waals surface area (Å²) in [6.07, 6.45) is 3.82. The Labute approximate surface area is 163 Å². The van der Waals surface area contributed by atoms with E-state index in [2.05, 4.69) is 15.5 Å². The zero-order valence-electron chi connectivity index (χ0n) is 15.8. The highest BCUT2D eigenvalue weighted by atomic mass is 16.2. The topological polar surface area (TPSA) is 79.6 Å². The summed E-state index contributed by atoms with van der Waals surface area (Å²) in [7, 11) is 0. The number of amides is 2. The lowest BCUT2D eigenvalue weighted by Crippen LogP contribution is -2.49. The number of carbonyl (C=O) groups is 2. The molecule has 4 rings (SSSR count). The van der Waals surface area contributed by atoms with E-state index in [0.717, 1.165) is 24.3 Å². The van der Waals surface area contributed by atoms with Gasteiger partial charge in [-0.05, 0) is 44.0 Å². The molecule has 1 saturated heterocycles. The van der Waals surface area contributed by atoms with Crippen LogP contribution in [0.2, 0.25) is 0 Å².